The van der Waals surface area contributed by atoms with Gasteiger partial charge < -0.3 is 5.32 Å². The zero-order chi connectivity index (χ0) is 17.9. The van der Waals surface area contributed by atoms with Crippen LogP contribution >= 0.6 is 11.3 Å². The quantitative estimate of drug-likeness (QED) is 0.696. The number of hydrogen-bond acceptors (Lipinski definition) is 4. The second-order valence-electron chi connectivity index (χ2n) is 5.52. The predicted octanol–water partition coefficient (Wildman–Crippen LogP) is 2.67. The first-order valence-electron chi connectivity index (χ1n) is 7.75. The molecule has 1 amide bonds. The Kier molecular flexibility index (Phi) is 5.17. The van der Waals surface area contributed by atoms with Crippen molar-refractivity contribution >= 4 is 38.0 Å². The third-order valence-electron chi connectivity index (χ3n) is 3.86. The lowest BCUT2D eigenvalue weighted by Crippen LogP contribution is -2.24. The fraction of sp³-hybridized carbons (Fsp3) is 0.167. The SMILES string of the molecule is CNS(=O)(=O)c1ccc(CNC(=O)Cc2cccc3ccccc23)s1. The summed E-state index contributed by atoms with van der Waals surface area (Å²) in [4.78, 5) is 13.0. The Morgan fingerprint density at radius 1 is 1.04 bits per heavy atom. The van der Waals surface area contributed by atoms with Gasteiger partial charge in [-0.05, 0) is 35.5 Å². The van der Waals surface area contributed by atoms with Gasteiger partial charge in [0.05, 0.1) is 13.0 Å². The molecule has 0 saturated carbocycles. The van der Waals surface area contributed by atoms with E-state index in [-0.39, 0.29) is 16.5 Å². The Balaban J connectivity index is 1.65. The second-order valence-corrected chi connectivity index (χ2v) is 8.80. The average Bonchev–Trinajstić information content (AvgIpc) is 3.10. The molecule has 0 unspecified atom stereocenters. The van der Waals surface area contributed by atoms with Crippen LogP contribution in [0, 0.1) is 0 Å². The summed E-state index contributed by atoms with van der Waals surface area (Å²) in [5.41, 5.74) is 0.972. The van der Waals surface area contributed by atoms with Crippen molar-refractivity contribution in [2.45, 2.75) is 17.2 Å². The molecular formula is C18H18N2O3S2. The number of rotatable bonds is 6. The van der Waals surface area contributed by atoms with E-state index in [2.05, 4.69) is 10.0 Å². The fourth-order valence-corrected chi connectivity index (χ4v) is 4.70. The molecule has 3 aromatic rings. The van der Waals surface area contributed by atoms with E-state index in [1.807, 2.05) is 42.5 Å². The van der Waals surface area contributed by atoms with Gasteiger partial charge in [-0.3, -0.25) is 4.79 Å². The van der Waals surface area contributed by atoms with E-state index in [0.717, 1.165) is 32.5 Å². The van der Waals surface area contributed by atoms with Gasteiger partial charge in [-0.1, -0.05) is 42.5 Å². The highest BCUT2D eigenvalue weighted by molar-refractivity contribution is 7.91. The van der Waals surface area contributed by atoms with Crippen molar-refractivity contribution in [2.75, 3.05) is 7.05 Å². The van der Waals surface area contributed by atoms with Crippen LogP contribution in [-0.4, -0.2) is 21.4 Å². The molecule has 130 valence electrons. The smallest absolute Gasteiger partial charge is 0.249 e. The molecule has 1 aromatic heterocycles. The first-order chi connectivity index (χ1) is 12.0. The third-order valence-corrected chi connectivity index (χ3v) is 6.85. The monoisotopic (exact) mass is 374 g/mol. The van der Waals surface area contributed by atoms with Gasteiger partial charge in [0.15, 0.2) is 0 Å². The minimum absolute atomic E-state index is 0.0947. The second kappa shape index (κ2) is 7.35. The number of amides is 1. The normalized spacial score (nSPS) is 11.6. The van der Waals surface area contributed by atoms with E-state index in [1.165, 1.54) is 7.05 Å². The maximum atomic E-state index is 12.3. The topological polar surface area (TPSA) is 75.3 Å². The summed E-state index contributed by atoms with van der Waals surface area (Å²) < 4.78 is 26.0. The van der Waals surface area contributed by atoms with Crippen LogP contribution in [0.5, 0.6) is 0 Å². The number of thiophene rings is 1. The highest BCUT2D eigenvalue weighted by atomic mass is 32.2. The van der Waals surface area contributed by atoms with E-state index in [9.17, 15) is 13.2 Å². The molecule has 0 radical (unpaired) electrons. The van der Waals surface area contributed by atoms with Gasteiger partial charge in [-0.25, -0.2) is 13.1 Å². The standard InChI is InChI=1S/C18H18N2O3S2/c1-19-25(22,23)18-10-9-15(24-18)12-20-17(21)11-14-7-4-6-13-5-2-3-8-16(13)14/h2-10,19H,11-12H2,1H3,(H,20,21). The van der Waals surface area contributed by atoms with Gasteiger partial charge in [0, 0.05) is 4.88 Å². The molecule has 0 aliphatic rings. The lowest BCUT2D eigenvalue weighted by Gasteiger charge is -2.07. The minimum Gasteiger partial charge on any atom is -0.351 e. The minimum atomic E-state index is -3.43. The highest BCUT2D eigenvalue weighted by Gasteiger charge is 2.14. The summed E-state index contributed by atoms with van der Waals surface area (Å²) in [5, 5.41) is 5.02. The molecule has 0 aliphatic carbocycles. The maximum Gasteiger partial charge on any atom is 0.249 e. The fourth-order valence-electron chi connectivity index (χ4n) is 2.57. The lowest BCUT2D eigenvalue weighted by molar-refractivity contribution is -0.120. The van der Waals surface area contributed by atoms with Crippen molar-refractivity contribution in [2.24, 2.45) is 0 Å². The molecular weight excluding hydrogens is 356 g/mol. The van der Waals surface area contributed by atoms with Crippen molar-refractivity contribution in [3.8, 4) is 0 Å². The molecule has 3 rings (SSSR count). The van der Waals surface area contributed by atoms with E-state index in [4.69, 9.17) is 0 Å². The van der Waals surface area contributed by atoms with Crippen LogP contribution in [-0.2, 0) is 27.8 Å². The van der Waals surface area contributed by atoms with E-state index in [1.54, 1.807) is 12.1 Å². The summed E-state index contributed by atoms with van der Waals surface area (Å²) in [6.45, 7) is 0.313. The lowest BCUT2D eigenvalue weighted by atomic mass is 10.0. The van der Waals surface area contributed by atoms with Gasteiger partial charge in [0.2, 0.25) is 15.9 Å². The van der Waals surface area contributed by atoms with Crippen LogP contribution in [0.25, 0.3) is 10.8 Å². The number of fused-ring (bicyclic) bond motifs is 1. The molecule has 7 heteroatoms. The van der Waals surface area contributed by atoms with E-state index < -0.39 is 10.0 Å². The summed E-state index contributed by atoms with van der Waals surface area (Å²) in [6.07, 6.45) is 0.286. The molecule has 1 heterocycles. The van der Waals surface area contributed by atoms with Crippen molar-refractivity contribution in [1.29, 1.82) is 0 Å². The Hall–Kier alpha value is -2.22. The van der Waals surface area contributed by atoms with Crippen molar-refractivity contribution in [1.82, 2.24) is 10.0 Å². The Labute approximate surface area is 150 Å². The summed E-state index contributed by atoms with van der Waals surface area (Å²) >= 11 is 1.15. The van der Waals surface area contributed by atoms with Crippen LogP contribution in [0.1, 0.15) is 10.4 Å². The van der Waals surface area contributed by atoms with Crippen LogP contribution in [0.4, 0.5) is 0 Å². The van der Waals surface area contributed by atoms with Gasteiger partial charge in [-0.2, -0.15) is 0 Å². The van der Waals surface area contributed by atoms with Crippen molar-refractivity contribution < 1.29 is 13.2 Å². The molecule has 0 saturated heterocycles. The van der Waals surface area contributed by atoms with Crippen LogP contribution in [0.15, 0.2) is 58.8 Å². The van der Waals surface area contributed by atoms with Crippen LogP contribution in [0.3, 0.4) is 0 Å². The molecule has 0 bridgehead atoms. The third kappa shape index (κ3) is 4.07. The summed E-state index contributed by atoms with van der Waals surface area (Å²) in [6, 6.07) is 17.1. The molecule has 2 N–H and O–H groups in total. The molecule has 25 heavy (non-hydrogen) atoms. The Bertz CT molecular complexity index is 1000. The molecule has 0 spiro atoms. The molecule has 0 atom stereocenters. The molecule has 5 nitrogen and oxygen atoms in total. The van der Waals surface area contributed by atoms with Gasteiger partial charge >= 0.3 is 0 Å². The molecule has 2 aromatic carbocycles. The maximum absolute atomic E-state index is 12.3. The number of carbonyl (C=O) groups is 1. The van der Waals surface area contributed by atoms with E-state index in [0.29, 0.717) is 6.54 Å². The largest absolute Gasteiger partial charge is 0.351 e. The number of hydrogen-bond donors (Lipinski definition) is 2. The Morgan fingerprint density at radius 2 is 1.80 bits per heavy atom. The zero-order valence-electron chi connectivity index (χ0n) is 13.7. The first-order valence-corrected chi connectivity index (χ1v) is 10.0. The number of carbonyl (C=O) groups excluding carboxylic acids is 1. The van der Waals surface area contributed by atoms with Gasteiger partial charge in [0.1, 0.15) is 4.21 Å². The number of nitrogens with one attached hydrogen (secondary N) is 2. The van der Waals surface area contributed by atoms with Gasteiger partial charge in [0.25, 0.3) is 0 Å². The van der Waals surface area contributed by atoms with E-state index >= 15 is 0 Å². The number of sulfonamides is 1. The van der Waals surface area contributed by atoms with Crippen LogP contribution < -0.4 is 10.0 Å². The number of benzene rings is 2. The summed E-state index contributed by atoms with van der Waals surface area (Å²) in [5.74, 6) is -0.0947. The highest BCUT2D eigenvalue weighted by Crippen LogP contribution is 2.21. The van der Waals surface area contributed by atoms with Gasteiger partial charge in [-0.15, -0.1) is 11.3 Å². The van der Waals surface area contributed by atoms with Crippen molar-refractivity contribution in [3.05, 3.63) is 65.0 Å². The average molecular weight is 374 g/mol. The van der Waals surface area contributed by atoms with Crippen LogP contribution in [0.2, 0.25) is 0 Å². The first kappa shape index (κ1) is 17.6. The predicted molar refractivity (Wildman–Crippen MR) is 100 cm³/mol. The molecule has 0 fully saturated rings. The Morgan fingerprint density at radius 3 is 2.60 bits per heavy atom. The molecule has 0 aliphatic heterocycles. The zero-order valence-corrected chi connectivity index (χ0v) is 15.3. The van der Waals surface area contributed by atoms with Crippen molar-refractivity contribution in [3.63, 3.8) is 0 Å². The summed E-state index contributed by atoms with van der Waals surface area (Å²) in [7, 11) is -2.06.